The monoisotopic (exact) mass is 423 g/mol. The molecule has 0 saturated carbocycles. The summed E-state index contributed by atoms with van der Waals surface area (Å²) >= 11 is 11.3. The van der Waals surface area contributed by atoms with Crippen LogP contribution in [0, 0.1) is 5.41 Å². The van der Waals surface area contributed by atoms with Crippen LogP contribution in [0.25, 0.3) is 0 Å². The number of halogens is 2. The van der Waals surface area contributed by atoms with Gasteiger partial charge in [-0.25, -0.2) is 14.4 Å². The van der Waals surface area contributed by atoms with Crippen molar-refractivity contribution >= 4 is 41.2 Å². The van der Waals surface area contributed by atoms with Crippen molar-refractivity contribution in [2.24, 2.45) is 5.41 Å². The zero-order chi connectivity index (χ0) is 21.0. The van der Waals surface area contributed by atoms with E-state index >= 15 is 0 Å². The molecule has 0 fully saturated rings. The molecule has 0 radical (unpaired) electrons. The number of rotatable bonds is 12. The fourth-order valence-electron chi connectivity index (χ4n) is 1.68. The summed E-state index contributed by atoms with van der Waals surface area (Å²) in [7, 11) is 0. The Hall–Kier alpha value is -1.73. The van der Waals surface area contributed by atoms with Gasteiger partial charge in [0, 0.05) is 36.0 Å². The van der Waals surface area contributed by atoms with Gasteiger partial charge in [-0.05, 0) is 20.8 Å². The Morgan fingerprint density at radius 3 is 1.56 bits per heavy atom. The number of hydrogen-bond acceptors (Lipinski definition) is 6. The highest BCUT2D eigenvalue weighted by Crippen LogP contribution is 2.20. The minimum Gasteiger partial charge on any atom is -0.461 e. The van der Waals surface area contributed by atoms with E-state index in [0.29, 0.717) is 0 Å². The van der Waals surface area contributed by atoms with E-state index in [1.165, 1.54) is 18.7 Å². The van der Waals surface area contributed by atoms with Crippen LogP contribution < -0.4 is 0 Å². The summed E-state index contributed by atoms with van der Waals surface area (Å²) in [6.45, 7) is 11.8. The highest BCUT2D eigenvalue weighted by atomic mass is 35.5. The number of carbonyl (C=O) groups excluding carboxylic acids is 3. The van der Waals surface area contributed by atoms with Crippen molar-refractivity contribution in [1.82, 2.24) is 4.90 Å². The number of alkyl halides is 2. The van der Waals surface area contributed by atoms with E-state index in [9.17, 15) is 14.4 Å². The molecule has 0 spiro atoms. The largest absolute Gasteiger partial charge is 0.461 e. The van der Waals surface area contributed by atoms with Crippen molar-refractivity contribution in [3.8, 4) is 0 Å². The molecule has 27 heavy (non-hydrogen) atoms. The third-order valence-corrected chi connectivity index (χ3v) is 3.65. The Labute approximate surface area is 170 Å². The van der Waals surface area contributed by atoms with Gasteiger partial charge < -0.3 is 19.1 Å². The number of hydrogen-bond donors (Lipinski definition) is 0. The van der Waals surface area contributed by atoms with E-state index in [1.807, 2.05) is 0 Å². The third kappa shape index (κ3) is 10.2. The van der Waals surface area contributed by atoms with Crippen LogP contribution in [0.2, 0.25) is 0 Å². The zero-order valence-electron chi connectivity index (χ0n) is 16.0. The molecule has 154 valence electrons. The predicted octanol–water partition coefficient (Wildman–Crippen LogP) is 3.15. The topological polar surface area (TPSA) is 82.1 Å². The highest BCUT2D eigenvalue weighted by molar-refractivity contribution is 6.18. The van der Waals surface area contributed by atoms with Crippen molar-refractivity contribution in [3.05, 3.63) is 24.3 Å². The zero-order valence-corrected chi connectivity index (χ0v) is 17.5. The van der Waals surface area contributed by atoms with E-state index < -0.39 is 23.4 Å². The van der Waals surface area contributed by atoms with Crippen LogP contribution in [0.15, 0.2) is 24.3 Å². The SMILES string of the molecule is C=C(C)C(=O)OCC(C)(COC(=O)C(=C)C)COC(=O)N(CCCl)CCCl. The molecule has 0 N–H and O–H groups in total. The molecule has 0 unspecified atom stereocenters. The lowest BCUT2D eigenvalue weighted by atomic mass is 9.94. The number of ether oxygens (including phenoxy) is 3. The summed E-state index contributed by atoms with van der Waals surface area (Å²) in [5.74, 6) is -0.722. The summed E-state index contributed by atoms with van der Waals surface area (Å²) in [6, 6.07) is 0. The smallest absolute Gasteiger partial charge is 0.409 e. The molecule has 0 aliphatic rings. The summed E-state index contributed by atoms with van der Waals surface area (Å²) < 4.78 is 15.6. The Morgan fingerprint density at radius 1 is 0.852 bits per heavy atom. The fraction of sp³-hybridized carbons (Fsp3) is 0.611. The predicted molar refractivity (Wildman–Crippen MR) is 104 cm³/mol. The Morgan fingerprint density at radius 2 is 1.22 bits per heavy atom. The van der Waals surface area contributed by atoms with Gasteiger partial charge in [0.15, 0.2) is 0 Å². The van der Waals surface area contributed by atoms with Crippen molar-refractivity contribution in [3.63, 3.8) is 0 Å². The summed E-state index contributed by atoms with van der Waals surface area (Å²) in [4.78, 5) is 36.9. The van der Waals surface area contributed by atoms with Gasteiger partial charge in [0.2, 0.25) is 0 Å². The second-order valence-electron chi connectivity index (χ2n) is 6.44. The van der Waals surface area contributed by atoms with E-state index in [2.05, 4.69) is 13.2 Å². The quantitative estimate of drug-likeness (QED) is 0.207. The molecule has 0 aliphatic carbocycles. The van der Waals surface area contributed by atoms with Gasteiger partial charge >= 0.3 is 18.0 Å². The first kappa shape index (κ1) is 25.3. The van der Waals surface area contributed by atoms with Crippen LogP contribution in [-0.4, -0.2) is 67.6 Å². The highest BCUT2D eigenvalue weighted by Gasteiger charge is 2.31. The van der Waals surface area contributed by atoms with Gasteiger partial charge in [-0.3, -0.25) is 0 Å². The number of esters is 2. The van der Waals surface area contributed by atoms with E-state index in [0.717, 1.165) is 0 Å². The lowest BCUT2D eigenvalue weighted by Crippen LogP contribution is -2.41. The van der Waals surface area contributed by atoms with Crippen LogP contribution in [0.1, 0.15) is 20.8 Å². The van der Waals surface area contributed by atoms with E-state index in [-0.39, 0.29) is 55.8 Å². The molecule has 0 saturated heterocycles. The molecular formula is C18H27Cl2NO6. The van der Waals surface area contributed by atoms with E-state index in [4.69, 9.17) is 37.4 Å². The minimum atomic E-state index is -0.959. The number of amides is 1. The summed E-state index contributed by atoms with van der Waals surface area (Å²) in [5, 5.41) is 0. The van der Waals surface area contributed by atoms with Crippen LogP contribution in [0.5, 0.6) is 0 Å². The Bertz CT molecular complexity index is 528. The maximum absolute atomic E-state index is 12.2. The number of carbonyl (C=O) groups is 3. The lowest BCUT2D eigenvalue weighted by Gasteiger charge is -2.29. The van der Waals surface area contributed by atoms with Gasteiger partial charge in [-0.1, -0.05) is 13.2 Å². The van der Waals surface area contributed by atoms with Crippen LogP contribution in [0.4, 0.5) is 4.79 Å². The van der Waals surface area contributed by atoms with Crippen LogP contribution in [0.3, 0.4) is 0 Å². The molecule has 0 aromatic heterocycles. The molecule has 0 aromatic carbocycles. The molecule has 7 nitrogen and oxygen atoms in total. The second-order valence-corrected chi connectivity index (χ2v) is 7.20. The minimum absolute atomic E-state index is 0.138. The molecule has 0 bridgehead atoms. The molecule has 0 rings (SSSR count). The molecule has 1 amide bonds. The maximum Gasteiger partial charge on any atom is 0.409 e. The van der Waals surface area contributed by atoms with Crippen LogP contribution in [-0.2, 0) is 23.8 Å². The molecule has 0 heterocycles. The first-order valence-electron chi connectivity index (χ1n) is 8.25. The Balaban J connectivity index is 5.01. The van der Waals surface area contributed by atoms with Crippen molar-refractivity contribution < 1.29 is 28.6 Å². The maximum atomic E-state index is 12.2. The molecular weight excluding hydrogens is 397 g/mol. The lowest BCUT2D eigenvalue weighted by molar-refractivity contribution is -0.150. The van der Waals surface area contributed by atoms with Gasteiger partial charge in [-0.15, -0.1) is 23.2 Å². The summed E-state index contributed by atoms with van der Waals surface area (Å²) in [5.41, 5.74) is -0.508. The molecule has 9 heteroatoms. The van der Waals surface area contributed by atoms with Crippen molar-refractivity contribution in [2.45, 2.75) is 20.8 Å². The fourth-order valence-corrected chi connectivity index (χ4v) is 2.08. The van der Waals surface area contributed by atoms with Crippen LogP contribution >= 0.6 is 23.2 Å². The van der Waals surface area contributed by atoms with Gasteiger partial charge in [0.1, 0.15) is 19.8 Å². The third-order valence-electron chi connectivity index (χ3n) is 3.31. The number of nitrogens with zero attached hydrogens (tertiary/aromatic N) is 1. The molecule has 0 aliphatic heterocycles. The van der Waals surface area contributed by atoms with Gasteiger partial charge in [0.25, 0.3) is 0 Å². The van der Waals surface area contributed by atoms with E-state index in [1.54, 1.807) is 6.92 Å². The Kier molecular flexibility index (Phi) is 11.8. The first-order valence-corrected chi connectivity index (χ1v) is 9.32. The van der Waals surface area contributed by atoms with Gasteiger partial charge in [0.05, 0.1) is 5.41 Å². The first-order chi connectivity index (χ1) is 12.6. The second kappa shape index (κ2) is 12.6. The molecule has 0 aromatic rings. The standard InChI is InChI=1S/C18H27Cl2NO6/c1-13(2)15(22)25-10-18(5,11-26-16(23)14(3)4)12-27-17(24)21(8-6-19)9-7-20/h1,3,6-12H2,2,4-5H3. The average Bonchev–Trinajstić information content (AvgIpc) is 2.62. The average molecular weight is 424 g/mol. The van der Waals surface area contributed by atoms with Crippen molar-refractivity contribution in [1.29, 1.82) is 0 Å². The normalized spacial score (nSPS) is 10.7. The van der Waals surface area contributed by atoms with Gasteiger partial charge in [-0.2, -0.15) is 0 Å². The molecule has 0 atom stereocenters. The summed E-state index contributed by atoms with van der Waals surface area (Å²) in [6.07, 6.45) is -0.611. The van der Waals surface area contributed by atoms with Crippen molar-refractivity contribution in [2.75, 3.05) is 44.7 Å².